The summed E-state index contributed by atoms with van der Waals surface area (Å²) < 4.78 is 26.4. The molecule has 0 aliphatic heterocycles. The predicted molar refractivity (Wildman–Crippen MR) is 77.6 cm³/mol. The molecule has 9 heteroatoms. The first-order valence-electron chi connectivity index (χ1n) is 6.08. The largest absolute Gasteiger partial charge is 0.409 e. The van der Waals surface area contributed by atoms with E-state index in [9.17, 15) is 8.42 Å². The molecular formula is C12H15N5O3S. The molecule has 0 spiro atoms. The molecule has 112 valence electrons. The Bertz CT molecular complexity index is 698. The Balaban J connectivity index is 2.37. The van der Waals surface area contributed by atoms with Gasteiger partial charge in [0.1, 0.15) is 5.84 Å². The maximum absolute atomic E-state index is 12.6. The van der Waals surface area contributed by atoms with Gasteiger partial charge in [0.05, 0.1) is 18.2 Å². The van der Waals surface area contributed by atoms with Crippen molar-refractivity contribution < 1.29 is 13.6 Å². The highest BCUT2D eigenvalue weighted by Gasteiger charge is 2.26. The van der Waals surface area contributed by atoms with Gasteiger partial charge in [0, 0.05) is 13.0 Å². The van der Waals surface area contributed by atoms with Gasteiger partial charge in [-0.3, -0.25) is 4.31 Å². The number of aromatic nitrogens is 2. The van der Waals surface area contributed by atoms with Gasteiger partial charge in [-0.05, 0) is 12.1 Å². The molecule has 0 amide bonds. The number of aromatic amines is 1. The Hall–Kier alpha value is -2.55. The molecule has 0 atom stereocenters. The fourth-order valence-electron chi connectivity index (χ4n) is 1.75. The molecule has 0 fully saturated rings. The zero-order valence-electron chi connectivity index (χ0n) is 11.0. The van der Waals surface area contributed by atoms with Crippen molar-refractivity contribution in [3.8, 4) is 0 Å². The fourth-order valence-corrected chi connectivity index (χ4v) is 3.12. The van der Waals surface area contributed by atoms with E-state index < -0.39 is 10.0 Å². The Morgan fingerprint density at radius 1 is 1.38 bits per heavy atom. The second-order valence-electron chi connectivity index (χ2n) is 4.17. The molecule has 0 unspecified atom stereocenters. The van der Waals surface area contributed by atoms with E-state index in [2.05, 4.69) is 15.1 Å². The number of H-pyrrole nitrogens is 1. The number of oxime groups is 1. The van der Waals surface area contributed by atoms with Crippen LogP contribution in [0.25, 0.3) is 0 Å². The van der Waals surface area contributed by atoms with Crippen LogP contribution in [0.2, 0.25) is 0 Å². The Labute approximate surface area is 122 Å². The van der Waals surface area contributed by atoms with Crippen LogP contribution >= 0.6 is 0 Å². The second kappa shape index (κ2) is 6.27. The van der Waals surface area contributed by atoms with E-state index in [4.69, 9.17) is 10.9 Å². The summed E-state index contributed by atoms with van der Waals surface area (Å²) in [6.45, 7) is 0.0429. The Morgan fingerprint density at radius 3 is 2.67 bits per heavy atom. The summed E-state index contributed by atoms with van der Waals surface area (Å²) in [6, 6.07) is 8.58. The van der Waals surface area contributed by atoms with Crippen LogP contribution in [0.1, 0.15) is 6.42 Å². The first-order chi connectivity index (χ1) is 10.1. The van der Waals surface area contributed by atoms with E-state index >= 15 is 0 Å². The van der Waals surface area contributed by atoms with Crippen LogP contribution in [0.15, 0.2) is 53.0 Å². The van der Waals surface area contributed by atoms with E-state index in [1.807, 2.05) is 0 Å². The van der Waals surface area contributed by atoms with Gasteiger partial charge < -0.3 is 15.9 Å². The van der Waals surface area contributed by atoms with Crippen LogP contribution in [0.3, 0.4) is 0 Å². The van der Waals surface area contributed by atoms with Crippen LogP contribution in [0.4, 0.5) is 5.69 Å². The number of hydrogen-bond acceptors (Lipinski definition) is 5. The average Bonchev–Trinajstić information content (AvgIpc) is 3.03. The van der Waals surface area contributed by atoms with Gasteiger partial charge in [-0.2, -0.15) is 8.42 Å². The molecule has 2 aromatic rings. The lowest BCUT2D eigenvalue weighted by Gasteiger charge is -2.23. The monoisotopic (exact) mass is 309 g/mol. The van der Waals surface area contributed by atoms with Crippen molar-refractivity contribution in [2.75, 3.05) is 10.8 Å². The molecular weight excluding hydrogens is 294 g/mol. The van der Waals surface area contributed by atoms with Gasteiger partial charge in [-0.1, -0.05) is 23.4 Å². The number of nitrogens with zero attached hydrogens (tertiary/aromatic N) is 3. The summed E-state index contributed by atoms with van der Waals surface area (Å²) in [5, 5.41) is 11.4. The normalized spacial score (nSPS) is 12.3. The predicted octanol–water partition coefficient (Wildman–Crippen LogP) is 0.741. The van der Waals surface area contributed by atoms with Crippen LogP contribution in [-0.2, 0) is 10.0 Å². The maximum atomic E-state index is 12.6. The van der Waals surface area contributed by atoms with Crippen LogP contribution in [0, 0.1) is 0 Å². The number of para-hydroxylation sites is 1. The lowest BCUT2D eigenvalue weighted by Crippen LogP contribution is -2.34. The molecule has 4 N–H and O–H groups in total. The van der Waals surface area contributed by atoms with Crippen molar-refractivity contribution in [1.29, 1.82) is 0 Å². The molecule has 0 saturated carbocycles. The molecule has 1 aromatic heterocycles. The number of sulfonamides is 1. The summed E-state index contributed by atoms with van der Waals surface area (Å²) in [7, 11) is -3.79. The number of rotatable bonds is 6. The average molecular weight is 309 g/mol. The van der Waals surface area contributed by atoms with Gasteiger partial charge in [0.25, 0.3) is 10.0 Å². The zero-order chi connectivity index (χ0) is 15.3. The summed E-state index contributed by atoms with van der Waals surface area (Å²) in [5.41, 5.74) is 5.90. The number of anilines is 1. The molecule has 1 aromatic carbocycles. The van der Waals surface area contributed by atoms with Crippen molar-refractivity contribution in [3.05, 3.63) is 42.9 Å². The van der Waals surface area contributed by atoms with Gasteiger partial charge in [0.2, 0.25) is 0 Å². The first-order valence-corrected chi connectivity index (χ1v) is 7.52. The molecule has 0 aliphatic carbocycles. The van der Waals surface area contributed by atoms with Crippen LogP contribution < -0.4 is 10.0 Å². The molecule has 0 radical (unpaired) electrons. The van der Waals surface area contributed by atoms with E-state index in [1.54, 1.807) is 30.3 Å². The zero-order valence-corrected chi connectivity index (χ0v) is 11.9. The molecule has 8 nitrogen and oxygen atoms in total. The third kappa shape index (κ3) is 3.31. The number of hydrogen-bond donors (Lipinski definition) is 3. The van der Waals surface area contributed by atoms with Crippen molar-refractivity contribution in [2.24, 2.45) is 10.9 Å². The molecule has 0 bridgehead atoms. The van der Waals surface area contributed by atoms with Gasteiger partial charge in [0.15, 0.2) is 5.03 Å². The molecule has 0 aliphatic rings. The molecule has 0 saturated heterocycles. The standard InChI is InChI=1S/C12H15N5O3S/c13-11(16-18)6-7-17(10-4-2-1-3-5-10)21(19,20)12-8-14-9-15-12/h1-5,8-9,18H,6-7H2,(H2,13,16)(H,14,15). The fraction of sp³-hybridized carbons (Fsp3) is 0.167. The number of benzene rings is 1. The number of nitrogens with one attached hydrogen (secondary N) is 1. The van der Waals surface area contributed by atoms with Gasteiger partial charge in [-0.15, -0.1) is 0 Å². The highest BCUT2D eigenvalue weighted by atomic mass is 32.2. The molecule has 1 heterocycles. The van der Waals surface area contributed by atoms with Gasteiger partial charge in [-0.25, -0.2) is 4.98 Å². The summed E-state index contributed by atoms with van der Waals surface area (Å²) >= 11 is 0. The maximum Gasteiger partial charge on any atom is 0.281 e. The SMILES string of the molecule is NC(CCN(c1ccccc1)S(=O)(=O)c1cnc[nH]1)=NO. The number of amidine groups is 1. The van der Waals surface area contributed by atoms with Crippen molar-refractivity contribution in [3.63, 3.8) is 0 Å². The van der Waals surface area contributed by atoms with Gasteiger partial charge >= 0.3 is 0 Å². The molecule has 2 rings (SSSR count). The second-order valence-corrected chi connectivity index (χ2v) is 6.00. The van der Waals surface area contributed by atoms with Crippen molar-refractivity contribution in [2.45, 2.75) is 11.4 Å². The van der Waals surface area contributed by atoms with Crippen molar-refractivity contribution >= 4 is 21.5 Å². The minimum absolute atomic E-state index is 0.0224. The molecule has 21 heavy (non-hydrogen) atoms. The highest BCUT2D eigenvalue weighted by molar-refractivity contribution is 7.92. The third-order valence-corrected chi connectivity index (χ3v) is 4.54. The lowest BCUT2D eigenvalue weighted by molar-refractivity contribution is 0.317. The highest BCUT2D eigenvalue weighted by Crippen LogP contribution is 2.22. The van der Waals surface area contributed by atoms with Crippen LogP contribution in [0.5, 0.6) is 0 Å². The lowest BCUT2D eigenvalue weighted by atomic mass is 10.3. The number of nitrogens with two attached hydrogens (primary N) is 1. The van der Waals surface area contributed by atoms with Crippen molar-refractivity contribution in [1.82, 2.24) is 9.97 Å². The third-order valence-electron chi connectivity index (χ3n) is 2.78. The number of imidazole rings is 1. The summed E-state index contributed by atoms with van der Waals surface area (Å²) in [6.07, 6.45) is 2.62. The topological polar surface area (TPSA) is 125 Å². The summed E-state index contributed by atoms with van der Waals surface area (Å²) in [4.78, 5) is 6.30. The Morgan fingerprint density at radius 2 is 2.10 bits per heavy atom. The van der Waals surface area contributed by atoms with Crippen LogP contribution in [-0.4, -0.2) is 36.0 Å². The van der Waals surface area contributed by atoms with E-state index in [1.165, 1.54) is 16.8 Å². The van der Waals surface area contributed by atoms with E-state index in [0.29, 0.717) is 5.69 Å². The smallest absolute Gasteiger partial charge is 0.281 e. The minimum atomic E-state index is -3.79. The Kier molecular flexibility index (Phi) is 4.43. The first kappa shape index (κ1) is 14.9. The quantitative estimate of drug-likeness (QED) is 0.314. The summed E-state index contributed by atoms with van der Waals surface area (Å²) in [5.74, 6) is -0.0456. The van der Waals surface area contributed by atoms with E-state index in [-0.39, 0.29) is 23.8 Å². The minimum Gasteiger partial charge on any atom is -0.409 e. The van der Waals surface area contributed by atoms with E-state index in [0.717, 1.165) is 0 Å².